The van der Waals surface area contributed by atoms with E-state index in [-0.39, 0.29) is 4.90 Å². The largest absolute Gasteiger partial charge is 0.397 e. The molecule has 5 nitrogen and oxygen atoms in total. The normalized spacial score (nSPS) is 23.9. The predicted molar refractivity (Wildman–Crippen MR) is 82.3 cm³/mol. The summed E-state index contributed by atoms with van der Waals surface area (Å²) < 4.78 is 25.9. The molecule has 112 valence electrons. The van der Waals surface area contributed by atoms with E-state index in [9.17, 15) is 8.42 Å². The van der Waals surface area contributed by atoms with Crippen LogP contribution in [0.1, 0.15) is 26.7 Å². The molecule has 1 aliphatic heterocycles. The lowest BCUT2D eigenvalue weighted by molar-refractivity contribution is 0.390. The van der Waals surface area contributed by atoms with Crippen LogP contribution in [-0.4, -0.2) is 28.1 Å². The summed E-state index contributed by atoms with van der Waals surface area (Å²) in [7, 11) is -2.04. The first-order valence-electron chi connectivity index (χ1n) is 6.95. The molecule has 2 rings (SSSR count). The highest BCUT2D eigenvalue weighted by molar-refractivity contribution is 7.89. The van der Waals surface area contributed by atoms with Gasteiger partial charge >= 0.3 is 0 Å². The molecule has 1 aliphatic rings. The third kappa shape index (κ3) is 2.91. The van der Waals surface area contributed by atoms with Gasteiger partial charge in [0.2, 0.25) is 10.0 Å². The van der Waals surface area contributed by atoms with Crippen molar-refractivity contribution in [1.29, 1.82) is 0 Å². The quantitative estimate of drug-likeness (QED) is 0.834. The molecular weight excluding hydrogens is 274 g/mol. The minimum Gasteiger partial charge on any atom is -0.397 e. The van der Waals surface area contributed by atoms with Gasteiger partial charge in [-0.05, 0) is 50.9 Å². The van der Waals surface area contributed by atoms with Crippen LogP contribution in [0.4, 0.5) is 11.4 Å². The van der Waals surface area contributed by atoms with Crippen molar-refractivity contribution in [3.63, 3.8) is 0 Å². The van der Waals surface area contributed by atoms with E-state index < -0.39 is 10.0 Å². The Morgan fingerprint density at radius 2 is 2.00 bits per heavy atom. The Morgan fingerprint density at radius 3 is 2.60 bits per heavy atom. The lowest BCUT2D eigenvalue weighted by Gasteiger charge is -2.39. The summed E-state index contributed by atoms with van der Waals surface area (Å²) in [4.78, 5) is 2.48. The summed E-state index contributed by atoms with van der Waals surface area (Å²) in [6.07, 6.45) is 2.36. The van der Waals surface area contributed by atoms with E-state index in [1.807, 2.05) is 6.07 Å². The molecule has 20 heavy (non-hydrogen) atoms. The molecule has 1 aromatic carbocycles. The molecule has 1 heterocycles. The molecule has 3 N–H and O–H groups in total. The van der Waals surface area contributed by atoms with Crippen LogP contribution < -0.4 is 15.4 Å². The first kappa shape index (κ1) is 15.1. The van der Waals surface area contributed by atoms with Crippen molar-refractivity contribution in [1.82, 2.24) is 4.72 Å². The maximum absolute atomic E-state index is 11.8. The van der Waals surface area contributed by atoms with Crippen molar-refractivity contribution in [3.05, 3.63) is 18.2 Å². The average Bonchev–Trinajstić information content (AvgIpc) is 2.41. The molecule has 0 saturated carbocycles. The number of nitrogens with zero attached hydrogens (tertiary/aromatic N) is 1. The van der Waals surface area contributed by atoms with E-state index in [0.29, 0.717) is 17.6 Å². The second-order valence-corrected chi connectivity index (χ2v) is 7.50. The van der Waals surface area contributed by atoms with Gasteiger partial charge in [0.25, 0.3) is 0 Å². The molecule has 2 atom stereocenters. The Hall–Kier alpha value is -1.27. The Labute approximate surface area is 121 Å². The van der Waals surface area contributed by atoms with Crippen LogP contribution >= 0.6 is 0 Å². The van der Waals surface area contributed by atoms with Gasteiger partial charge in [-0.2, -0.15) is 0 Å². The highest BCUT2D eigenvalue weighted by Crippen LogP contribution is 2.32. The summed E-state index contributed by atoms with van der Waals surface area (Å²) in [5.74, 6) is 0.631. The average molecular weight is 297 g/mol. The molecule has 0 aromatic heterocycles. The van der Waals surface area contributed by atoms with Gasteiger partial charge < -0.3 is 10.6 Å². The third-order valence-corrected chi connectivity index (χ3v) is 5.42. The van der Waals surface area contributed by atoms with E-state index in [1.165, 1.54) is 19.5 Å². The van der Waals surface area contributed by atoms with Crippen molar-refractivity contribution in [2.45, 2.75) is 37.6 Å². The second kappa shape index (κ2) is 5.61. The molecule has 6 heteroatoms. The standard InChI is InChI=1S/C14H23N3O2S/c1-10-4-5-11(2)17(9-10)14-7-6-12(8-13(14)15)20(18,19)16-3/h6-8,10-11,16H,4-5,9,15H2,1-3H3. The zero-order valence-electron chi connectivity index (χ0n) is 12.3. The van der Waals surface area contributed by atoms with Crippen molar-refractivity contribution >= 4 is 21.4 Å². The van der Waals surface area contributed by atoms with Gasteiger partial charge in [-0.3, -0.25) is 0 Å². The third-order valence-electron chi connectivity index (χ3n) is 4.01. The lowest BCUT2D eigenvalue weighted by Crippen LogP contribution is -2.41. The van der Waals surface area contributed by atoms with E-state index in [2.05, 4.69) is 23.5 Å². The van der Waals surface area contributed by atoms with Crippen LogP contribution in [0.25, 0.3) is 0 Å². The first-order valence-corrected chi connectivity index (χ1v) is 8.43. The van der Waals surface area contributed by atoms with Crippen LogP contribution in [0.2, 0.25) is 0 Å². The molecule has 1 fully saturated rings. The van der Waals surface area contributed by atoms with Crippen LogP contribution in [0, 0.1) is 5.92 Å². The Morgan fingerprint density at radius 1 is 1.30 bits per heavy atom. The number of nitrogens with two attached hydrogens (primary N) is 1. The molecule has 0 aliphatic carbocycles. The highest BCUT2D eigenvalue weighted by Gasteiger charge is 2.25. The molecular formula is C14H23N3O2S. The smallest absolute Gasteiger partial charge is 0.240 e. The van der Waals surface area contributed by atoms with Crippen LogP contribution in [0.3, 0.4) is 0 Å². The molecule has 0 radical (unpaired) electrons. The van der Waals surface area contributed by atoms with Crippen LogP contribution in [-0.2, 0) is 10.0 Å². The zero-order valence-corrected chi connectivity index (χ0v) is 13.1. The van der Waals surface area contributed by atoms with Gasteiger partial charge in [-0.25, -0.2) is 13.1 Å². The molecule has 0 amide bonds. The summed E-state index contributed by atoms with van der Waals surface area (Å²) in [6.45, 7) is 5.38. The van der Waals surface area contributed by atoms with Crippen molar-refractivity contribution < 1.29 is 8.42 Å². The molecule has 2 unspecified atom stereocenters. The van der Waals surface area contributed by atoms with Crippen molar-refractivity contribution in [2.75, 3.05) is 24.2 Å². The van der Waals surface area contributed by atoms with Crippen molar-refractivity contribution in [2.24, 2.45) is 5.92 Å². The molecule has 1 saturated heterocycles. The van der Waals surface area contributed by atoms with Crippen LogP contribution in [0.15, 0.2) is 23.1 Å². The van der Waals surface area contributed by atoms with Gasteiger partial charge in [-0.1, -0.05) is 6.92 Å². The number of benzene rings is 1. The van der Waals surface area contributed by atoms with E-state index >= 15 is 0 Å². The minimum absolute atomic E-state index is 0.207. The van der Waals surface area contributed by atoms with Crippen molar-refractivity contribution in [3.8, 4) is 0 Å². The summed E-state index contributed by atoms with van der Waals surface area (Å²) >= 11 is 0. The fraction of sp³-hybridized carbons (Fsp3) is 0.571. The number of piperidine rings is 1. The number of nitrogen functional groups attached to an aromatic ring is 1. The minimum atomic E-state index is -3.44. The monoisotopic (exact) mass is 297 g/mol. The fourth-order valence-electron chi connectivity index (χ4n) is 2.70. The highest BCUT2D eigenvalue weighted by atomic mass is 32.2. The number of hydrogen-bond donors (Lipinski definition) is 2. The van der Waals surface area contributed by atoms with E-state index in [0.717, 1.165) is 18.7 Å². The van der Waals surface area contributed by atoms with Gasteiger partial charge in [0, 0.05) is 12.6 Å². The second-order valence-electron chi connectivity index (χ2n) is 5.61. The molecule has 0 spiro atoms. The molecule has 0 bridgehead atoms. The number of hydrogen-bond acceptors (Lipinski definition) is 4. The fourth-order valence-corrected chi connectivity index (χ4v) is 3.47. The Bertz CT molecular complexity index is 586. The summed E-state index contributed by atoms with van der Waals surface area (Å²) in [5.41, 5.74) is 7.52. The summed E-state index contributed by atoms with van der Waals surface area (Å²) in [5, 5.41) is 0. The van der Waals surface area contributed by atoms with Gasteiger partial charge in [-0.15, -0.1) is 0 Å². The Kier molecular flexibility index (Phi) is 4.25. The predicted octanol–water partition coefficient (Wildman–Crippen LogP) is 1.80. The maximum atomic E-state index is 11.8. The summed E-state index contributed by atoms with van der Waals surface area (Å²) in [6, 6.07) is 5.39. The van der Waals surface area contributed by atoms with E-state index in [4.69, 9.17) is 5.73 Å². The first-order chi connectivity index (χ1) is 9.35. The number of anilines is 2. The zero-order chi connectivity index (χ0) is 14.9. The van der Waals surface area contributed by atoms with Gasteiger partial charge in [0.05, 0.1) is 16.3 Å². The van der Waals surface area contributed by atoms with Crippen LogP contribution in [0.5, 0.6) is 0 Å². The topological polar surface area (TPSA) is 75.4 Å². The maximum Gasteiger partial charge on any atom is 0.240 e. The lowest BCUT2D eigenvalue weighted by atomic mass is 9.94. The number of sulfonamides is 1. The Balaban J connectivity index is 2.35. The van der Waals surface area contributed by atoms with Gasteiger partial charge in [0.15, 0.2) is 0 Å². The molecule has 1 aromatic rings. The number of nitrogens with one attached hydrogen (secondary N) is 1. The van der Waals surface area contributed by atoms with Gasteiger partial charge in [0.1, 0.15) is 0 Å². The van der Waals surface area contributed by atoms with E-state index in [1.54, 1.807) is 6.07 Å². The number of rotatable bonds is 3. The SMILES string of the molecule is CNS(=O)(=O)c1ccc(N2CC(C)CCC2C)c(N)c1.